The number of carbonyl (C=O) groups is 1. The van der Waals surface area contributed by atoms with Crippen molar-refractivity contribution in [1.82, 2.24) is 24.8 Å². The number of nitrogens with zero attached hydrogens (tertiary/aromatic N) is 4. The Bertz CT molecular complexity index is 964. The maximum absolute atomic E-state index is 12.9. The molecule has 1 amide bonds. The lowest BCUT2D eigenvalue weighted by atomic mass is 10.1. The number of aromatic nitrogens is 3. The molecule has 152 valence electrons. The van der Waals surface area contributed by atoms with Crippen molar-refractivity contribution in [3.05, 3.63) is 53.9 Å². The fourth-order valence-electron chi connectivity index (χ4n) is 3.65. The largest absolute Gasteiger partial charge is 0.379 e. The zero-order valence-electron chi connectivity index (χ0n) is 16.8. The van der Waals surface area contributed by atoms with Gasteiger partial charge in [-0.3, -0.25) is 9.69 Å². The summed E-state index contributed by atoms with van der Waals surface area (Å²) in [5, 5.41) is 7.80. The van der Waals surface area contributed by atoms with Crippen LogP contribution in [0.4, 0.5) is 0 Å². The SMILES string of the molecule is CCCc1c(C(=O)NCCN2CCOCC2)cnc2cc(-c3ccccc3)nn12. The maximum atomic E-state index is 12.9. The first-order valence-electron chi connectivity index (χ1n) is 10.3. The van der Waals surface area contributed by atoms with Crippen LogP contribution in [0, 0.1) is 0 Å². The standard InChI is InChI=1S/C22H27N5O2/c1-2-6-20-18(22(28)23-9-10-26-11-13-29-14-12-26)16-24-21-15-19(25-27(20)21)17-7-4-3-5-8-17/h3-5,7-8,15-16H,2,6,9-14H2,1H3,(H,23,28). The van der Waals surface area contributed by atoms with E-state index in [9.17, 15) is 4.79 Å². The summed E-state index contributed by atoms with van der Waals surface area (Å²) in [5.41, 5.74) is 4.17. The van der Waals surface area contributed by atoms with Crippen molar-refractivity contribution in [3.8, 4) is 11.3 Å². The first kappa shape index (κ1) is 19.5. The molecule has 1 aliphatic heterocycles. The normalized spacial score (nSPS) is 14.9. The number of carbonyl (C=O) groups excluding carboxylic acids is 1. The summed E-state index contributed by atoms with van der Waals surface area (Å²) in [4.78, 5) is 19.7. The summed E-state index contributed by atoms with van der Waals surface area (Å²) < 4.78 is 7.19. The van der Waals surface area contributed by atoms with Crippen molar-refractivity contribution in [3.63, 3.8) is 0 Å². The van der Waals surface area contributed by atoms with E-state index in [0.717, 1.165) is 68.3 Å². The number of morpholine rings is 1. The van der Waals surface area contributed by atoms with Gasteiger partial charge in [-0.2, -0.15) is 5.10 Å². The molecule has 1 saturated heterocycles. The second-order valence-electron chi connectivity index (χ2n) is 7.24. The Morgan fingerprint density at radius 2 is 2.00 bits per heavy atom. The Morgan fingerprint density at radius 1 is 1.21 bits per heavy atom. The number of aryl methyl sites for hydroxylation is 1. The van der Waals surface area contributed by atoms with Gasteiger partial charge in [0.1, 0.15) is 0 Å². The van der Waals surface area contributed by atoms with Crippen LogP contribution in [-0.2, 0) is 11.2 Å². The molecule has 3 heterocycles. The molecule has 0 atom stereocenters. The van der Waals surface area contributed by atoms with Crippen molar-refractivity contribution in [2.45, 2.75) is 19.8 Å². The van der Waals surface area contributed by atoms with Gasteiger partial charge in [-0.05, 0) is 6.42 Å². The van der Waals surface area contributed by atoms with Gasteiger partial charge in [-0.15, -0.1) is 0 Å². The molecule has 1 fully saturated rings. The van der Waals surface area contributed by atoms with E-state index in [1.165, 1.54) is 0 Å². The van der Waals surface area contributed by atoms with E-state index in [-0.39, 0.29) is 5.91 Å². The lowest BCUT2D eigenvalue weighted by molar-refractivity contribution is 0.0383. The molecule has 0 radical (unpaired) electrons. The Kier molecular flexibility index (Phi) is 6.17. The second kappa shape index (κ2) is 9.15. The molecule has 7 heteroatoms. The van der Waals surface area contributed by atoms with Gasteiger partial charge < -0.3 is 10.1 Å². The van der Waals surface area contributed by atoms with Gasteiger partial charge in [0.25, 0.3) is 5.91 Å². The molecule has 0 aliphatic carbocycles. The molecular weight excluding hydrogens is 366 g/mol. The van der Waals surface area contributed by atoms with Gasteiger partial charge >= 0.3 is 0 Å². The third-order valence-electron chi connectivity index (χ3n) is 5.20. The monoisotopic (exact) mass is 393 g/mol. The Morgan fingerprint density at radius 3 is 2.76 bits per heavy atom. The third-order valence-corrected chi connectivity index (χ3v) is 5.20. The summed E-state index contributed by atoms with van der Waals surface area (Å²) in [5.74, 6) is -0.0899. The van der Waals surface area contributed by atoms with Gasteiger partial charge in [-0.1, -0.05) is 43.7 Å². The lowest BCUT2D eigenvalue weighted by Crippen LogP contribution is -2.41. The van der Waals surface area contributed by atoms with Gasteiger partial charge in [0.2, 0.25) is 0 Å². The van der Waals surface area contributed by atoms with E-state index in [0.29, 0.717) is 12.1 Å². The van der Waals surface area contributed by atoms with Crippen molar-refractivity contribution >= 4 is 11.6 Å². The van der Waals surface area contributed by atoms with E-state index >= 15 is 0 Å². The summed E-state index contributed by atoms with van der Waals surface area (Å²) >= 11 is 0. The van der Waals surface area contributed by atoms with Crippen molar-refractivity contribution < 1.29 is 9.53 Å². The average molecular weight is 393 g/mol. The molecule has 1 aliphatic rings. The molecule has 2 aromatic heterocycles. The first-order chi connectivity index (χ1) is 14.3. The number of amides is 1. The summed E-state index contributed by atoms with van der Waals surface area (Å²) in [7, 11) is 0. The smallest absolute Gasteiger partial charge is 0.254 e. The lowest BCUT2D eigenvalue weighted by Gasteiger charge is -2.26. The Balaban J connectivity index is 1.54. The minimum Gasteiger partial charge on any atom is -0.379 e. The molecule has 0 spiro atoms. The zero-order valence-corrected chi connectivity index (χ0v) is 16.8. The summed E-state index contributed by atoms with van der Waals surface area (Å²) in [6.45, 7) is 6.90. The quantitative estimate of drug-likeness (QED) is 0.667. The predicted octanol–water partition coefficient (Wildman–Crippen LogP) is 2.41. The number of fused-ring (bicyclic) bond motifs is 1. The van der Waals surface area contributed by atoms with Crippen LogP contribution in [0.1, 0.15) is 29.4 Å². The average Bonchev–Trinajstić information content (AvgIpc) is 3.20. The molecule has 7 nitrogen and oxygen atoms in total. The third kappa shape index (κ3) is 4.46. The highest BCUT2D eigenvalue weighted by atomic mass is 16.5. The Hall–Kier alpha value is -2.77. The fraction of sp³-hybridized carbons (Fsp3) is 0.409. The van der Waals surface area contributed by atoms with Gasteiger partial charge in [-0.25, -0.2) is 9.50 Å². The van der Waals surface area contributed by atoms with Crippen molar-refractivity contribution in [2.24, 2.45) is 0 Å². The van der Waals surface area contributed by atoms with Crippen LogP contribution in [0.15, 0.2) is 42.6 Å². The van der Waals surface area contributed by atoms with Crippen LogP contribution in [0.3, 0.4) is 0 Å². The van der Waals surface area contributed by atoms with Crippen LogP contribution in [-0.4, -0.2) is 64.8 Å². The second-order valence-corrected chi connectivity index (χ2v) is 7.24. The van der Waals surface area contributed by atoms with Crippen LogP contribution >= 0.6 is 0 Å². The molecule has 0 saturated carbocycles. The molecule has 29 heavy (non-hydrogen) atoms. The zero-order chi connectivity index (χ0) is 20.1. The highest BCUT2D eigenvalue weighted by molar-refractivity contribution is 5.95. The van der Waals surface area contributed by atoms with Crippen LogP contribution in [0.5, 0.6) is 0 Å². The highest BCUT2D eigenvalue weighted by Gasteiger charge is 2.18. The number of nitrogens with one attached hydrogen (secondary N) is 1. The number of hydrogen-bond donors (Lipinski definition) is 1. The molecule has 4 rings (SSSR count). The number of hydrogen-bond acceptors (Lipinski definition) is 5. The highest BCUT2D eigenvalue weighted by Crippen LogP contribution is 2.21. The fourth-order valence-corrected chi connectivity index (χ4v) is 3.65. The minimum absolute atomic E-state index is 0.0899. The minimum atomic E-state index is -0.0899. The predicted molar refractivity (Wildman–Crippen MR) is 112 cm³/mol. The van der Waals surface area contributed by atoms with Crippen LogP contribution in [0.25, 0.3) is 16.9 Å². The van der Waals surface area contributed by atoms with E-state index in [1.54, 1.807) is 6.20 Å². The number of benzene rings is 1. The van der Waals surface area contributed by atoms with Gasteiger partial charge in [0, 0.05) is 44.0 Å². The molecular formula is C22H27N5O2. The molecule has 3 aromatic rings. The summed E-state index contributed by atoms with van der Waals surface area (Å²) in [6.07, 6.45) is 3.37. The maximum Gasteiger partial charge on any atom is 0.254 e. The van der Waals surface area contributed by atoms with Crippen LogP contribution in [0.2, 0.25) is 0 Å². The molecule has 1 N–H and O–H groups in total. The number of ether oxygens (including phenoxy) is 1. The molecule has 0 bridgehead atoms. The summed E-state index contributed by atoms with van der Waals surface area (Å²) in [6, 6.07) is 12.0. The number of rotatable bonds is 7. The van der Waals surface area contributed by atoms with Gasteiger partial charge in [0.15, 0.2) is 5.65 Å². The van der Waals surface area contributed by atoms with E-state index in [2.05, 4.69) is 22.1 Å². The van der Waals surface area contributed by atoms with Gasteiger partial charge in [0.05, 0.1) is 30.2 Å². The van der Waals surface area contributed by atoms with E-state index in [4.69, 9.17) is 9.84 Å². The molecule has 0 unspecified atom stereocenters. The first-order valence-corrected chi connectivity index (χ1v) is 10.3. The van der Waals surface area contributed by atoms with E-state index < -0.39 is 0 Å². The van der Waals surface area contributed by atoms with E-state index in [1.807, 2.05) is 40.9 Å². The van der Waals surface area contributed by atoms with Crippen LogP contribution < -0.4 is 5.32 Å². The Labute approximate surface area is 170 Å². The molecule has 1 aromatic carbocycles. The topological polar surface area (TPSA) is 71.8 Å². The van der Waals surface area contributed by atoms with Crippen molar-refractivity contribution in [2.75, 3.05) is 39.4 Å². The van der Waals surface area contributed by atoms with Crippen molar-refractivity contribution in [1.29, 1.82) is 0 Å².